The summed E-state index contributed by atoms with van der Waals surface area (Å²) in [4.78, 5) is 0. The predicted octanol–water partition coefficient (Wildman–Crippen LogP) is 0.935. The molecule has 1 N–H and O–H groups in total. The van der Waals surface area contributed by atoms with Crippen LogP contribution in [0.3, 0.4) is 0 Å². The summed E-state index contributed by atoms with van der Waals surface area (Å²) in [5.41, 5.74) is 1.13. The maximum Gasteiger partial charge on any atom is 0.165 e. The number of aliphatic hydroxyl groups is 1. The minimum absolute atomic E-state index is 0.0429. The number of hydrogen-bond acceptors (Lipinski definition) is 4. The monoisotopic (exact) mass is 236 g/mol. The molecule has 2 heterocycles. The van der Waals surface area contributed by atoms with Gasteiger partial charge in [-0.05, 0) is 5.56 Å². The molecule has 2 fully saturated rings. The average Bonchev–Trinajstić information content (AvgIpc) is 2.92. The third-order valence-electron chi connectivity index (χ3n) is 3.35. The van der Waals surface area contributed by atoms with E-state index in [1.807, 2.05) is 30.3 Å². The van der Waals surface area contributed by atoms with Crippen molar-refractivity contribution in [2.45, 2.75) is 25.1 Å². The van der Waals surface area contributed by atoms with Crippen LogP contribution in [0.1, 0.15) is 5.56 Å². The van der Waals surface area contributed by atoms with E-state index in [9.17, 15) is 5.11 Å². The third kappa shape index (κ3) is 2.21. The molecule has 4 nitrogen and oxygen atoms in total. The predicted molar refractivity (Wildman–Crippen MR) is 60.2 cm³/mol. The van der Waals surface area contributed by atoms with Gasteiger partial charge < -0.3 is 19.3 Å². The van der Waals surface area contributed by atoms with E-state index in [0.717, 1.165) is 5.56 Å². The van der Waals surface area contributed by atoms with Crippen LogP contribution in [-0.4, -0.2) is 36.8 Å². The second kappa shape index (κ2) is 4.74. The van der Waals surface area contributed by atoms with Gasteiger partial charge in [-0.1, -0.05) is 30.3 Å². The Hall–Kier alpha value is -0.940. The molecular formula is C13H16O4. The first-order valence-corrected chi connectivity index (χ1v) is 5.91. The molecule has 0 spiro atoms. The standard InChI is InChI=1S/C13H16O4/c14-10-7-16-13-12(10)11(8-17-13)15-6-9-4-2-1-3-5-9/h1-5,10-14H,6-8H2/t10-,11-,12+,13-/m0/s1. The van der Waals surface area contributed by atoms with Crippen molar-refractivity contribution >= 4 is 0 Å². The second-order valence-corrected chi connectivity index (χ2v) is 4.51. The van der Waals surface area contributed by atoms with Crippen molar-refractivity contribution in [2.75, 3.05) is 13.2 Å². The van der Waals surface area contributed by atoms with Crippen LogP contribution in [0.15, 0.2) is 30.3 Å². The van der Waals surface area contributed by atoms with E-state index >= 15 is 0 Å². The van der Waals surface area contributed by atoms with Crippen LogP contribution in [0.5, 0.6) is 0 Å². The van der Waals surface area contributed by atoms with Crippen LogP contribution in [0, 0.1) is 5.92 Å². The van der Waals surface area contributed by atoms with Crippen LogP contribution in [0.2, 0.25) is 0 Å². The Kier molecular flexibility index (Phi) is 3.11. The van der Waals surface area contributed by atoms with E-state index in [2.05, 4.69) is 0 Å². The third-order valence-corrected chi connectivity index (χ3v) is 3.35. The fourth-order valence-electron chi connectivity index (χ4n) is 2.42. The lowest BCUT2D eigenvalue weighted by Crippen LogP contribution is -2.32. The largest absolute Gasteiger partial charge is 0.390 e. The topological polar surface area (TPSA) is 47.9 Å². The summed E-state index contributed by atoms with van der Waals surface area (Å²) in [7, 11) is 0. The van der Waals surface area contributed by atoms with Gasteiger partial charge in [0.2, 0.25) is 0 Å². The Labute approximate surface area is 100 Å². The van der Waals surface area contributed by atoms with Gasteiger partial charge in [0.15, 0.2) is 6.29 Å². The molecule has 92 valence electrons. The first-order valence-electron chi connectivity index (χ1n) is 5.91. The molecule has 0 unspecified atom stereocenters. The minimum Gasteiger partial charge on any atom is -0.390 e. The summed E-state index contributed by atoms with van der Waals surface area (Å²) in [6, 6.07) is 10.00. The second-order valence-electron chi connectivity index (χ2n) is 4.51. The number of ether oxygens (including phenoxy) is 3. The maximum atomic E-state index is 9.78. The van der Waals surface area contributed by atoms with Gasteiger partial charge in [0.1, 0.15) is 0 Å². The summed E-state index contributed by atoms with van der Waals surface area (Å²) >= 11 is 0. The molecule has 1 aromatic carbocycles. The van der Waals surface area contributed by atoms with E-state index in [0.29, 0.717) is 19.8 Å². The maximum absolute atomic E-state index is 9.78. The zero-order valence-electron chi connectivity index (χ0n) is 9.49. The molecule has 2 aliphatic rings. The first-order chi connectivity index (χ1) is 8.34. The van der Waals surface area contributed by atoms with E-state index in [1.165, 1.54) is 0 Å². The van der Waals surface area contributed by atoms with Crippen LogP contribution in [-0.2, 0) is 20.8 Å². The zero-order chi connectivity index (χ0) is 11.7. The van der Waals surface area contributed by atoms with E-state index < -0.39 is 6.10 Å². The van der Waals surface area contributed by atoms with Gasteiger partial charge in [-0.15, -0.1) is 0 Å². The quantitative estimate of drug-likeness (QED) is 0.848. The van der Waals surface area contributed by atoms with Crippen molar-refractivity contribution in [2.24, 2.45) is 5.92 Å². The molecule has 4 atom stereocenters. The summed E-state index contributed by atoms with van der Waals surface area (Å²) < 4.78 is 16.6. The lowest BCUT2D eigenvalue weighted by Gasteiger charge is -2.18. The van der Waals surface area contributed by atoms with Gasteiger partial charge in [0.25, 0.3) is 0 Å². The molecule has 0 saturated carbocycles. The Balaban J connectivity index is 1.59. The van der Waals surface area contributed by atoms with Crippen molar-refractivity contribution in [3.05, 3.63) is 35.9 Å². The lowest BCUT2D eigenvalue weighted by atomic mass is 10.0. The highest BCUT2D eigenvalue weighted by Gasteiger charge is 2.48. The highest BCUT2D eigenvalue weighted by molar-refractivity contribution is 5.13. The Morgan fingerprint density at radius 1 is 1.18 bits per heavy atom. The zero-order valence-corrected chi connectivity index (χ0v) is 9.49. The number of aliphatic hydroxyl groups excluding tert-OH is 1. The van der Waals surface area contributed by atoms with E-state index in [1.54, 1.807) is 0 Å². The van der Waals surface area contributed by atoms with E-state index in [4.69, 9.17) is 14.2 Å². The van der Waals surface area contributed by atoms with Crippen molar-refractivity contribution in [3.63, 3.8) is 0 Å². The van der Waals surface area contributed by atoms with Crippen LogP contribution < -0.4 is 0 Å². The molecule has 17 heavy (non-hydrogen) atoms. The molecule has 0 aliphatic carbocycles. The molecule has 0 aromatic heterocycles. The van der Waals surface area contributed by atoms with E-state index in [-0.39, 0.29) is 18.3 Å². The highest BCUT2D eigenvalue weighted by atomic mass is 16.7. The van der Waals surface area contributed by atoms with Crippen LogP contribution in [0.4, 0.5) is 0 Å². The molecular weight excluding hydrogens is 220 g/mol. The van der Waals surface area contributed by atoms with Crippen molar-refractivity contribution < 1.29 is 19.3 Å². The first kappa shape index (κ1) is 11.2. The van der Waals surface area contributed by atoms with Gasteiger partial charge in [0, 0.05) is 0 Å². The van der Waals surface area contributed by atoms with Crippen molar-refractivity contribution in [3.8, 4) is 0 Å². The smallest absolute Gasteiger partial charge is 0.165 e. The van der Waals surface area contributed by atoms with Gasteiger partial charge >= 0.3 is 0 Å². The lowest BCUT2D eigenvalue weighted by molar-refractivity contribution is -0.0915. The highest BCUT2D eigenvalue weighted by Crippen LogP contribution is 2.33. The molecule has 0 radical (unpaired) electrons. The fourth-order valence-corrected chi connectivity index (χ4v) is 2.42. The number of hydrogen-bond donors (Lipinski definition) is 1. The van der Waals surface area contributed by atoms with Gasteiger partial charge in [0.05, 0.1) is 37.9 Å². The molecule has 3 rings (SSSR count). The number of benzene rings is 1. The molecule has 4 heteroatoms. The summed E-state index contributed by atoms with van der Waals surface area (Å²) in [5.74, 6) is -0.0429. The SMILES string of the molecule is O[C@H]1CO[C@H]2OC[C@H](OCc3ccccc3)[C@H]21. The van der Waals surface area contributed by atoms with Crippen molar-refractivity contribution in [1.82, 2.24) is 0 Å². The fraction of sp³-hybridized carbons (Fsp3) is 0.538. The Morgan fingerprint density at radius 2 is 1.94 bits per heavy atom. The molecule has 1 aromatic rings. The molecule has 2 aliphatic heterocycles. The summed E-state index contributed by atoms with van der Waals surface area (Å²) in [6.45, 7) is 1.39. The number of fused-ring (bicyclic) bond motifs is 1. The Bertz CT molecular complexity index is 367. The summed E-state index contributed by atoms with van der Waals surface area (Å²) in [5, 5.41) is 9.78. The average molecular weight is 236 g/mol. The van der Waals surface area contributed by atoms with Crippen LogP contribution in [0.25, 0.3) is 0 Å². The van der Waals surface area contributed by atoms with Gasteiger partial charge in [-0.2, -0.15) is 0 Å². The van der Waals surface area contributed by atoms with Crippen molar-refractivity contribution in [1.29, 1.82) is 0 Å². The molecule has 0 bridgehead atoms. The number of rotatable bonds is 3. The minimum atomic E-state index is -0.469. The molecule has 2 saturated heterocycles. The van der Waals surface area contributed by atoms with Gasteiger partial charge in [-0.3, -0.25) is 0 Å². The van der Waals surface area contributed by atoms with Crippen LogP contribution >= 0.6 is 0 Å². The Morgan fingerprint density at radius 3 is 2.76 bits per heavy atom. The molecule has 0 amide bonds. The normalized spacial score (nSPS) is 36.1. The summed E-state index contributed by atoms with van der Waals surface area (Å²) in [6.07, 6.45) is -0.827. The van der Waals surface area contributed by atoms with Gasteiger partial charge in [-0.25, -0.2) is 0 Å².